The highest BCUT2D eigenvalue weighted by molar-refractivity contribution is 9.10. The smallest absolute Gasteiger partial charge is 0.295 e. The van der Waals surface area contributed by atoms with Crippen LogP contribution in [0.3, 0.4) is 0 Å². The predicted octanol–water partition coefficient (Wildman–Crippen LogP) is 2.14. The predicted molar refractivity (Wildman–Crippen MR) is 69.5 cm³/mol. The van der Waals surface area contributed by atoms with Crippen LogP contribution in [-0.2, 0) is 6.54 Å². The van der Waals surface area contributed by atoms with Crippen molar-refractivity contribution in [1.29, 1.82) is 0 Å². The zero-order chi connectivity index (χ0) is 13.3. The minimum Gasteiger partial charge on any atom is -0.295 e. The Balaban J connectivity index is 2.43. The first-order valence-electron chi connectivity index (χ1n) is 4.90. The van der Waals surface area contributed by atoms with E-state index in [1.54, 1.807) is 0 Å². The van der Waals surface area contributed by atoms with Crippen LogP contribution in [0.1, 0.15) is 5.56 Å². The van der Waals surface area contributed by atoms with Gasteiger partial charge in [-0.2, -0.15) is 0 Å². The summed E-state index contributed by atoms with van der Waals surface area (Å²) in [6.07, 6.45) is 1.36. The molecule has 0 spiro atoms. The molecule has 0 bridgehead atoms. The summed E-state index contributed by atoms with van der Waals surface area (Å²) in [6, 6.07) is 3.92. The number of aromatic nitrogens is 2. The van der Waals surface area contributed by atoms with E-state index in [9.17, 15) is 14.0 Å². The molecule has 0 amide bonds. The summed E-state index contributed by atoms with van der Waals surface area (Å²) in [5, 5.41) is 0.226. The number of hydrogen-bond donors (Lipinski definition) is 1. The Bertz CT molecular complexity index is 711. The average molecular weight is 334 g/mol. The molecular formula is C11H7BrClFN2O2. The Morgan fingerprint density at radius 1 is 1.39 bits per heavy atom. The molecule has 94 valence electrons. The van der Waals surface area contributed by atoms with Crippen LogP contribution < -0.4 is 11.2 Å². The zero-order valence-corrected chi connectivity index (χ0v) is 11.3. The van der Waals surface area contributed by atoms with E-state index in [1.807, 2.05) is 0 Å². The molecule has 0 aliphatic carbocycles. The monoisotopic (exact) mass is 332 g/mol. The van der Waals surface area contributed by atoms with Gasteiger partial charge < -0.3 is 0 Å². The molecule has 1 aromatic carbocycles. The lowest BCUT2D eigenvalue weighted by atomic mass is 10.2. The summed E-state index contributed by atoms with van der Waals surface area (Å²) >= 11 is 8.89. The molecule has 2 aromatic rings. The van der Waals surface area contributed by atoms with Gasteiger partial charge in [-0.15, -0.1) is 0 Å². The number of hydrogen-bond acceptors (Lipinski definition) is 2. The van der Waals surface area contributed by atoms with Crippen LogP contribution in [0.25, 0.3) is 0 Å². The van der Waals surface area contributed by atoms with E-state index in [4.69, 9.17) is 11.6 Å². The van der Waals surface area contributed by atoms with Crippen molar-refractivity contribution in [3.05, 3.63) is 66.1 Å². The third-order valence-electron chi connectivity index (χ3n) is 2.32. The Hall–Kier alpha value is -1.40. The molecule has 0 radical (unpaired) electrons. The highest BCUT2D eigenvalue weighted by atomic mass is 79.9. The number of H-pyrrole nitrogens is 1. The lowest BCUT2D eigenvalue weighted by Gasteiger charge is -2.07. The molecule has 1 aromatic heterocycles. The second-order valence-electron chi connectivity index (χ2n) is 3.60. The van der Waals surface area contributed by atoms with Gasteiger partial charge in [0.05, 0.1) is 11.0 Å². The maximum Gasteiger partial charge on any atom is 0.328 e. The summed E-state index contributed by atoms with van der Waals surface area (Å²) in [7, 11) is 0. The van der Waals surface area contributed by atoms with Gasteiger partial charge >= 0.3 is 5.69 Å². The molecule has 0 fully saturated rings. The SMILES string of the molecule is O=c1[nH]c(=O)n(Cc2ccc(F)cc2Cl)cc1Br. The normalized spacial score (nSPS) is 10.6. The Morgan fingerprint density at radius 3 is 2.78 bits per heavy atom. The van der Waals surface area contributed by atoms with Gasteiger partial charge in [-0.25, -0.2) is 9.18 Å². The molecule has 0 aliphatic rings. The molecule has 1 N–H and O–H groups in total. The fraction of sp³-hybridized carbons (Fsp3) is 0.0909. The van der Waals surface area contributed by atoms with Crippen LogP contribution in [0, 0.1) is 5.82 Å². The molecule has 0 saturated heterocycles. The topological polar surface area (TPSA) is 54.9 Å². The Kier molecular flexibility index (Phi) is 3.68. The highest BCUT2D eigenvalue weighted by Gasteiger charge is 2.06. The van der Waals surface area contributed by atoms with Gasteiger partial charge in [0, 0.05) is 11.2 Å². The van der Waals surface area contributed by atoms with E-state index in [1.165, 1.54) is 29.0 Å². The molecule has 2 rings (SSSR count). The standard InChI is InChI=1S/C11H7BrClFN2O2/c12-8-5-16(11(18)15-10(8)17)4-6-1-2-7(14)3-9(6)13/h1-3,5H,4H2,(H,15,17,18). The maximum absolute atomic E-state index is 12.9. The van der Waals surface area contributed by atoms with Crippen LogP contribution in [0.5, 0.6) is 0 Å². The van der Waals surface area contributed by atoms with E-state index < -0.39 is 17.1 Å². The van der Waals surface area contributed by atoms with Crippen LogP contribution in [0.2, 0.25) is 5.02 Å². The second-order valence-corrected chi connectivity index (χ2v) is 4.86. The minimum atomic E-state index is -0.552. The fourth-order valence-electron chi connectivity index (χ4n) is 1.43. The first-order valence-corrected chi connectivity index (χ1v) is 6.07. The van der Waals surface area contributed by atoms with Crippen molar-refractivity contribution in [2.75, 3.05) is 0 Å². The molecule has 1 heterocycles. The van der Waals surface area contributed by atoms with Crippen molar-refractivity contribution >= 4 is 27.5 Å². The van der Waals surface area contributed by atoms with E-state index in [0.29, 0.717) is 5.56 Å². The average Bonchev–Trinajstić information content (AvgIpc) is 2.29. The van der Waals surface area contributed by atoms with Gasteiger partial charge in [0.15, 0.2) is 0 Å². The minimum absolute atomic E-state index is 0.146. The van der Waals surface area contributed by atoms with Gasteiger partial charge in [-0.3, -0.25) is 14.3 Å². The Morgan fingerprint density at radius 2 is 2.11 bits per heavy atom. The van der Waals surface area contributed by atoms with Crippen molar-refractivity contribution < 1.29 is 4.39 Å². The summed E-state index contributed by atoms with van der Waals surface area (Å²) in [4.78, 5) is 24.9. The number of nitrogens with zero attached hydrogens (tertiary/aromatic N) is 1. The number of halogens is 3. The number of nitrogens with one attached hydrogen (secondary N) is 1. The summed E-state index contributed by atoms with van der Waals surface area (Å²) < 4.78 is 14.4. The van der Waals surface area contributed by atoms with Crippen LogP contribution >= 0.6 is 27.5 Å². The first kappa shape index (κ1) is 13.0. The van der Waals surface area contributed by atoms with Gasteiger partial charge in [-0.05, 0) is 33.6 Å². The second kappa shape index (κ2) is 5.07. The molecule has 0 aliphatic heterocycles. The molecule has 0 unspecified atom stereocenters. The third kappa shape index (κ3) is 2.70. The Labute approximate surface area is 114 Å². The van der Waals surface area contributed by atoms with Gasteiger partial charge in [0.2, 0.25) is 0 Å². The summed E-state index contributed by atoms with van der Waals surface area (Å²) in [5.41, 5.74) is -0.468. The van der Waals surface area contributed by atoms with Crippen molar-refractivity contribution in [3.8, 4) is 0 Å². The molecular weight excluding hydrogens is 326 g/mol. The maximum atomic E-state index is 12.9. The number of rotatable bonds is 2. The van der Waals surface area contributed by atoms with E-state index in [2.05, 4.69) is 20.9 Å². The molecule has 7 heteroatoms. The van der Waals surface area contributed by atoms with Crippen molar-refractivity contribution in [3.63, 3.8) is 0 Å². The fourth-order valence-corrected chi connectivity index (χ4v) is 2.01. The molecule has 18 heavy (non-hydrogen) atoms. The van der Waals surface area contributed by atoms with Crippen LogP contribution in [0.4, 0.5) is 4.39 Å². The molecule has 4 nitrogen and oxygen atoms in total. The molecule has 0 saturated carbocycles. The lowest BCUT2D eigenvalue weighted by molar-refractivity contribution is 0.625. The van der Waals surface area contributed by atoms with Crippen molar-refractivity contribution in [1.82, 2.24) is 9.55 Å². The van der Waals surface area contributed by atoms with Gasteiger partial charge in [0.25, 0.3) is 5.56 Å². The number of benzene rings is 1. The van der Waals surface area contributed by atoms with Crippen molar-refractivity contribution in [2.45, 2.75) is 6.54 Å². The highest BCUT2D eigenvalue weighted by Crippen LogP contribution is 2.17. The van der Waals surface area contributed by atoms with Crippen LogP contribution in [0.15, 0.2) is 38.5 Å². The van der Waals surface area contributed by atoms with E-state index in [0.717, 1.165) is 0 Å². The van der Waals surface area contributed by atoms with E-state index in [-0.39, 0.29) is 16.0 Å². The van der Waals surface area contributed by atoms with Crippen molar-refractivity contribution in [2.24, 2.45) is 0 Å². The van der Waals surface area contributed by atoms with Crippen LogP contribution in [-0.4, -0.2) is 9.55 Å². The van der Waals surface area contributed by atoms with Gasteiger partial charge in [-0.1, -0.05) is 17.7 Å². The largest absolute Gasteiger partial charge is 0.328 e. The van der Waals surface area contributed by atoms with E-state index >= 15 is 0 Å². The summed E-state index contributed by atoms with van der Waals surface area (Å²) in [5.74, 6) is -0.446. The molecule has 0 atom stereocenters. The summed E-state index contributed by atoms with van der Waals surface area (Å²) in [6.45, 7) is 0.146. The van der Waals surface area contributed by atoms with Gasteiger partial charge in [0.1, 0.15) is 5.82 Å². The lowest BCUT2D eigenvalue weighted by Crippen LogP contribution is -2.30. The zero-order valence-electron chi connectivity index (χ0n) is 8.91. The first-order chi connectivity index (χ1) is 8.47. The third-order valence-corrected chi connectivity index (χ3v) is 3.24. The quantitative estimate of drug-likeness (QED) is 0.915. The number of aromatic amines is 1.